The Balaban J connectivity index is 1.31. The minimum absolute atomic E-state index is 0.224. The average molecular weight is 471 g/mol. The number of carbonyl (C=O) groups excluding carboxylic acids is 2. The second-order valence-electron chi connectivity index (χ2n) is 12.9. The monoisotopic (exact) mass is 470 g/mol. The molecule has 4 heterocycles. The maximum atomic E-state index is 13.3. The highest BCUT2D eigenvalue weighted by Gasteiger charge is 2.46. The minimum Gasteiger partial charge on any atom is -0.299 e. The third-order valence-electron chi connectivity index (χ3n) is 10.6. The van der Waals surface area contributed by atoms with Gasteiger partial charge in [0.15, 0.2) is 0 Å². The van der Waals surface area contributed by atoms with E-state index >= 15 is 0 Å². The van der Waals surface area contributed by atoms with Crippen molar-refractivity contribution in [2.45, 2.75) is 116 Å². The third-order valence-corrected chi connectivity index (χ3v) is 10.6. The maximum Gasteiger partial charge on any atom is 0.141 e. The van der Waals surface area contributed by atoms with Crippen molar-refractivity contribution < 1.29 is 9.59 Å². The number of hydrogen-bond donors (Lipinski definition) is 0. The highest BCUT2D eigenvalue weighted by atomic mass is 16.1. The van der Waals surface area contributed by atoms with Crippen LogP contribution in [-0.2, 0) is 9.59 Å². The zero-order chi connectivity index (χ0) is 23.7. The van der Waals surface area contributed by atoms with E-state index in [1.165, 1.54) is 90.1 Å². The lowest BCUT2D eigenvalue weighted by Gasteiger charge is -2.50. The molecule has 5 aliphatic rings. The Bertz CT molecular complexity index is 663. The second-order valence-corrected chi connectivity index (χ2v) is 12.9. The molecule has 1 saturated carbocycles. The number of rotatable bonds is 0. The molecule has 0 amide bonds. The Morgan fingerprint density at radius 2 is 0.912 bits per heavy atom. The van der Waals surface area contributed by atoms with Crippen LogP contribution < -0.4 is 0 Å². The summed E-state index contributed by atoms with van der Waals surface area (Å²) in [4.78, 5) is 32.1. The Morgan fingerprint density at radius 3 is 1.35 bits per heavy atom. The first-order valence-corrected chi connectivity index (χ1v) is 15.1. The molecule has 192 valence electrons. The van der Waals surface area contributed by atoms with Crippen molar-refractivity contribution >= 4 is 11.6 Å². The van der Waals surface area contributed by atoms with E-state index < -0.39 is 0 Å². The fourth-order valence-electron chi connectivity index (χ4n) is 9.04. The number of ketones is 2. The maximum absolute atomic E-state index is 13.3. The lowest BCUT2D eigenvalue weighted by atomic mass is 9.69. The van der Waals surface area contributed by atoms with Gasteiger partial charge in [-0.3, -0.25) is 19.4 Å². The molecule has 4 nitrogen and oxygen atoms in total. The van der Waals surface area contributed by atoms with Crippen molar-refractivity contribution in [2.75, 3.05) is 26.2 Å². The molecule has 0 radical (unpaired) electrons. The molecule has 0 unspecified atom stereocenters. The molecule has 1 aliphatic carbocycles. The first kappa shape index (κ1) is 24.9. The summed E-state index contributed by atoms with van der Waals surface area (Å²) in [6.45, 7) is 8.77. The number of piperidine rings is 4. The smallest absolute Gasteiger partial charge is 0.141 e. The normalized spacial score (nSPS) is 43.7. The van der Waals surface area contributed by atoms with Crippen LogP contribution in [0.4, 0.5) is 0 Å². The molecule has 4 saturated heterocycles. The molecule has 0 N–H and O–H groups in total. The van der Waals surface area contributed by atoms with Crippen LogP contribution in [0.5, 0.6) is 0 Å². The van der Waals surface area contributed by atoms with E-state index in [1.54, 1.807) is 0 Å². The summed E-state index contributed by atoms with van der Waals surface area (Å²) in [5, 5.41) is 0. The standard InChI is InChI=1S/C30H50N2O2/c1-21-19-31-17-9-13-23-11-6-4-8-16-26-28-24(14-10-18-32(28)20-22(2)30(26)34)12-5-3-7-15-25(27(23)31)29(21)33/h21-28H,3-20H2,1-2H3/t21-,22+,23-,24-,25+,26+,27+,28-/m1/s1. The molecule has 34 heavy (non-hydrogen) atoms. The topological polar surface area (TPSA) is 40.6 Å². The van der Waals surface area contributed by atoms with E-state index in [4.69, 9.17) is 0 Å². The molecule has 0 aromatic heterocycles. The predicted molar refractivity (Wildman–Crippen MR) is 138 cm³/mol. The van der Waals surface area contributed by atoms with Crippen LogP contribution in [0, 0.1) is 35.5 Å². The van der Waals surface area contributed by atoms with Gasteiger partial charge < -0.3 is 0 Å². The summed E-state index contributed by atoms with van der Waals surface area (Å²) in [6.07, 6.45) is 17.5. The van der Waals surface area contributed by atoms with Crippen molar-refractivity contribution in [1.29, 1.82) is 0 Å². The minimum atomic E-state index is 0.224. The van der Waals surface area contributed by atoms with Crippen molar-refractivity contribution in [3.63, 3.8) is 0 Å². The Kier molecular flexibility index (Phi) is 8.15. The largest absolute Gasteiger partial charge is 0.299 e. The summed E-state index contributed by atoms with van der Waals surface area (Å²) in [5.41, 5.74) is 0. The Hall–Kier alpha value is -0.740. The van der Waals surface area contributed by atoms with Crippen LogP contribution in [0.3, 0.4) is 0 Å². The molecule has 0 aromatic carbocycles. The number of hydrogen-bond acceptors (Lipinski definition) is 4. The summed E-state index contributed by atoms with van der Waals surface area (Å²) in [6, 6.07) is 1.03. The summed E-state index contributed by atoms with van der Waals surface area (Å²) in [5.74, 6) is 3.59. The second kappa shape index (κ2) is 11.1. The van der Waals surface area contributed by atoms with Gasteiger partial charge in [-0.15, -0.1) is 0 Å². The van der Waals surface area contributed by atoms with Gasteiger partial charge in [-0.2, -0.15) is 0 Å². The van der Waals surface area contributed by atoms with Gasteiger partial charge in [-0.05, 0) is 76.3 Å². The van der Waals surface area contributed by atoms with E-state index in [2.05, 4.69) is 23.6 Å². The van der Waals surface area contributed by atoms with Crippen LogP contribution in [-0.4, -0.2) is 59.6 Å². The number of nitrogens with zero attached hydrogens (tertiary/aromatic N) is 2. The van der Waals surface area contributed by atoms with Crippen LogP contribution in [0.2, 0.25) is 0 Å². The van der Waals surface area contributed by atoms with Gasteiger partial charge >= 0.3 is 0 Å². The fourth-order valence-corrected chi connectivity index (χ4v) is 9.04. The van der Waals surface area contributed by atoms with Gasteiger partial charge in [-0.1, -0.05) is 52.4 Å². The lowest BCUT2D eigenvalue weighted by Crippen LogP contribution is -2.58. The van der Waals surface area contributed by atoms with Gasteiger partial charge in [0, 0.05) is 48.8 Å². The van der Waals surface area contributed by atoms with E-state index in [0.29, 0.717) is 35.5 Å². The molecular weight excluding hydrogens is 420 g/mol. The molecule has 0 bridgehead atoms. The number of carbonyl (C=O) groups is 2. The van der Waals surface area contributed by atoms with E-state index in [-0.39, 0.29) is 23.7 Å². The summed E-state index contributed by atoms with van der Waals surface area (Å²) >= 11 is 0. The number of Topliss-reactive ketones (excluding diaryl/α,β-unsaturated/α-hetero) is 2. The molecule has 0 aromatic rings. The van der Waals surface area contributed by atoms with E-state index in [0.717, 1.165) is 25.9 Å². The van der Waals surface area contributed by atoms with Gasteiger partial charge in [0.1, 0.15) is 11.6 Å². The van der Waals surface area contributed by atoms with Gasteiger partial charge in [0.25, 0.3) is 0 Å². The highest BCUT2D eigenvalue weighted by Crippen LogP contribution is 2.42. The van der Waals surface area contributed by atoms with Crippen molar-refractivity contribution in [3.05, 3.63) is 0 Å². The zero-order valence-electron chi connectivity index (χ0n) is 22.1. The fraction of sp³-hybridized carbons (Fsp3) is 0.933. The van der Waals surface area contributed by atoms with E-state index in [9.17, 15) is 9.59 Å². The molecule has 0 spiro atoms. The van der Waals surface area contributed by atoms with Crippen LogP contribution in [0.1, 0.15) is 104 Å². The van der Waals surface area contributed by atoms with Crippen molar-refractivity contribution in [3.8, 4) is 0 Å². The Labute approximate surface area is 208 Å². The summed E-state index contributed by atoms with van der Waals surface area (Å²) < 4.78 is 0. The van der Waals surface area contributed by atoms with Gasteiger partial charge in [0.2, 0.25) is 0 Å². The zero-order valence-corrected chi connectivity index (χ0v) is 22.1. The van der Waals surface area contributed by atoms with Crippen molar-refractivity contribution in [1.82, 2.24) is 9.80 Å². The predicted octanol–water partition coefficient (Wildman–Crippen LogP) is 5.73. The van der Waals surface area contributed by atoms with Gasteiger partial charge in [0.05, 0.1) is 0 Å². The lowest BCUT2D eigenvalue weighted by molar-refractivity contribution is -0.138. The van der Waals surface area contributed by atoms with E-state index in [1.807, 2.05) is 0 Å². The highest BCUT2D eigenvalue weighted by molar-refractivity contribution is 5.85. The van der Waals surface area contributed by atoms with Gasteiger partial charge in [-0.25, -0.2) is 0 Å². The first-order valence-electron chi connectivity index (χ1n) is 15.1. The SMILES string of the molecule is C[C@@H]1CN2CCC[C@H]3CCCCC[C@@H]4C(=O)[C@@H](C)CN5CCC[C@@H](CCCCC[C@H](C1=O)[C@H]32)[C@H]45. The Morgan fingerprint density at radius 1 is 0.529 bits per heavy atom. The molecule has 4 aliphatic heterocycles. The van der Waals surface area contributed by atoms with Crippen LogP contribution in [0.25, 0.3) is 0 Å². The van der Waals surface area contributed by atoms with Crippen molar-refractivity contribution in [2.24, 2.45) is 35.5 Å². The molecule has 4 heteroatoms. The average Bonchev–Trinajstić information content (AvgIpc) is 2.82. The third kappa shape index (κ3) is 5.05. The van der Waals surface area contributed by atoms with Crippen LogP contribution in [0.15, 0.2) is 0 Å². The quantitative estimate of drug-likeness (QED) is 0.453. The summed E-state index contributed by atoms with van der Waals surface area (Å²) in [7, 11) is 0. The molecule has 5 rings (SSSR count). The molecular formula is C30H50N2O2. The molecule has 8 atom stereocenters. The molecule has 5 fully saturated rings. The van der Waals surface area contributed by atoms with Crippen LogP contribution >= 0.6 is 0 Å². The first-order chi connectivity index (χ1) is 16.5.